The van der Waals surface area contributed by atoms with E-state index in [1.54, 1.807) is 11.8 Å². The van der Waals surface area contributed by atoms with Crippen LogP contribution in [0.4, 0.5) is 5.69 Å². The smallest absolute Gasteiger partial charge is 0.143 e. The zero-order chi connectivity index (χ0) is 13.8. The van der Waals surface area contributed by atoms with Crippen LogP contribution in [0.1, 0.15) is 13.8 Å². The van der Waals surface area contributed by atoms with Gasteiger partial charge in [0.1, 0.15) is 5.75 Å². The number of para-hydroxylation sites is 1. The summed E-state index contributed by atoms with van der Waals surface area (Å²) in [6.45, 7) is 3.99. The van der Waals surface area contributed by atoms with Crippen molar-refractivity contribution in [2.24, 2.45) is 0 Å². The molecular weight excluding hydrogens is 322 g/mol. The maximum absolute atomic E-state index is 6.15. The summed E-state index contributed by atoms with van der Waals surface area (Å²) >= 11 is 5.07. The summed E-state index contributed by atoms with van der Waals surface area (Å²) in [7, 11) is 0. The molecular formula is C15H16BrNOS. The Balaban J connectivity index is 2.23. The maximum Gasteiger partial charge on any atom is 0.143 e. The molecule has 2 aromatic rings. The fourth-order valence-electron chi connectivity index (χ4n) is 1.60. The molecule has 0 unspecified atom stereocenters. The van der Waals surface area contributed by atoms with Crippen molar-refractivity contribution in [3.05, 3.63) is 46.9 Å². The van der Waals surface area contributed by atoms with E-state index in [1.165, 1.54) is 0 Å². The van der Waals surface area contributed by atoms with Crippen molar-refractivity contribution in [3.63, 3.8) is 0 Å². The van der Waals surface area contributed by atoms with Crippen molar-refractivity contribution in [2.45, 2.75) is 29.7 Å². The lowest BCUT2D eigenvalue weighted by molar-refractivity contribution is 0.243. The lowest BCUT2D eigenvalue weighted by atomic mass is 10.3. The summed E-state index contributed by atoms with van der Waals surface area (Å²) in [4.78, 5) is 2.16. The number of benzene rings is 2. The third-order valence-electron chi connectivity index (χ3n) is 2.43. The van der Waals surface area contributed by atoms with Gasteiger partial charge in [-0.05, 0) is 50.2 Å². The van der Waals surface area contributed by atoms with Crippen LogP contribution < -0.4 is 10.5 Å². The molecule has 0 bridgehead atoms. The lowest BCUT2D eigenvalue weighted by Crippen LogP contribution is -2.07. The molecule has 19 heavy (non-hydrogen) atoms. The first-order valence-electron chi connectivity index (χ1n) is 6.05. The van der Waals surface area contributed by atoms with E-state index in [0.717, 1.165) is 20.0 Å². The largest absolute Gasteiger partial charge is 0.489 e. The second kappa shape index (κ2) is 6.35. The minimum Gasteiger partial charge on any atom is -0.489 e. The van der Waals surface area contributed by atoms with Gasteiger partial charge in [-0.3, -0.25) is 0 Å². The highest BCUT2D eigenvalue weighted by Crippen LogP contribution is 2.37. The fourth-order valence-corrected chi connectivity index (χ4v) is 2.75. The molecule has 0 aliphatic heterocycles. The Morgan fingerprint density at radius 1 is 1.11 bits per heavy atom. The first-order valence-corrected chi connectivity index (χ1v) is 7.66. The van der Waals surface area contributed by atoms with Crippen LogP contribution in [0.3, 0.4) is 0 Å². The third kappa shape index (κ3) is 3.91. The molecule has 0 heterocycles. The van der Waals surface area contributed by atoms with Crippen molar-refractivity contribution in [3.8, 4) is 5.75 Å². The zero-order valence-electron chi connectivity index (χ0n) is 10.9. The second-order valence-corrected chi connectivity index (χ2v) is 6.42. The first-order chi connectivity index (χ1) is 9.06. The van der Waals surface area contributed by atoms with E-state index in [0.29, 0.717) is 5.69 Å². The van der Waals surface area contributed by atoms with Gasteiger partial charge >= 0.3 is 0 Å². The molecule has 0 spiro atoms. The van der Waals surface area contributed by atoms with E-state index in [9.17, 15) is 0 Å². The molecule has 2 rings (SSSR count). The van der Waals surface area contributed by atoms with Crippen LogP contribution >= 0.6 is 27.7 Å². The molecule has 2 N–H and O–H groups in total. The number of hydrogen-bond donors (Lipinski definition) is 1. The van der Waals surface area contributed by atoms with E-state index in [-0.39, 0.29) is 6.10 Å². The molecule has 2 aromatic carbocycles. The minimum absolute atomic E-state index is 0.121. The van der Waals surface area contributed by atoms with Crippen LogP contribution in [-0.2, 0) is 0 Å². The monoisotopic (exact) mass is 337 g/mol. The van der Waals surface area contributed by atoms with Crippen LogP contribution in [0.25, 0.3) is 0 Å². The van der Waals surface area contributed by atoms with E-state index < -0.39 is 0 Å². The highest BCUT2D eigenvalue weighted by Gasteiger charge is 2.08. The molecule has 0 saturated carbocycles. The summed E-state index contributed by atoms with van der Waals surface area (Å²) < 4.78 is 6.77. The van der Waals surface area contributed by atoms with Crippen LogP contribution in [-0.4, -0.2) is 6.10 Å². The predicted molar refractivity (Wildman–Crippen MR) is 84.9 cm³/mol. The summed E-state index contributed by atoms with van der Waals surface area (Å²) in [5, 5.41) is 0. The maximum atomic E-state index is 6.15. The van der Waals surface area contributed by atoms with Gasteiger partial charge in [0.25, 0.3) is 0 Å². The standard InChI is InChI=1S/C15H16BrNOS/c1-10(2)18-13-4-3-5-14(15(13)17)19-12-8-6-11(16)7-9-12/h3-10H,17H2,1-2H3. The predicted octanol–water partition coefficient (Wildman–Crippen LogP) is 4.97. The number of halogens is 1. The Hall–Kier alpha value is -1.13. The lowest BCUT2D eigenvalue weighted by Gasteiger charge is -2.14. The van der Waals surface area contributed by atoms with Gasteiger partial charge < -0.3 is 10.5 Å². The van der Waals surface area contributed by atoms with Gasteiger partial charge in [0.15, 0.2) is 0 Å². The number of rotatable bonds is 4. The van der Waals surface area contributed by atoms with Gasteiger partial charge in [0, 0.05) is 14.3 Å². The summed E-state index contributed by atoms with van der Waals surface area (Å²) in [5.74, 6) is 0.747. The molecule has 0 amide bonds. The molecule has 0 aliphatic rings. The van der Waals surface area contributed by atoms with Gasteiger partial charge in [-0.15, -0.1) is 0 Å². The van der Waals surface area contributed by atoms with Crippen molar-refractivity contribution >= 4 is 33.4 Å². The molecule has 0 atom stereocenters. The Bertz CT molecular complexity index is 555. The van der Waals surface area contributed by atoms with Crippen LogP contribution in [0.15, 0.2) is 56.7 Å². The van der Waals surface area contributed by atoms with Crippen LogP contribution in [0.2, 0.25) is 0 Å². The van der Waals surface area contributed by atoms with E-state index >= 15 is 0 Å². The van der Waals surface area contributed by atoms with Gasteiger partial charge in [0.05, 0.1) is 11.8 Å². The Morgan fingerprint density at radius 2 is 1.79 bits per heavy atom. The minimum atomic E-state index is 0.121. The summed E-state index contributed by atoms with van der Waals surface area (Å²) in [6.07, 6.45) is 0.121. The highest BCUT2D eigenvalue weighted by atomic mass is 79.9. The molecule has 2 nitrogen and oxygen atoms in total. The normalized spacial score (nSPS) is 10.7. The van der Waals surface area contributed by atoms with Crippen molar-refractivity contribution in [2.75, 3.05) is 5.73 Å². The van der Waals surface area contributed by atoms with Gasteiger partial charge in [-0.1, -0.05) is 33.8 Å². The number of nitrogens with two attached hydrogens (primary N) is 1. The molecule has 0 fully saturated rings. The topological polar surface area (TPSA) is 35.2 Å². The Morgan fingerprint density at radius 3 is 2.42 bits per heavy atom. The van der Waals surface area contributed by atoms with Crippen LogP contribution in [0.5, 0.6) is 5.75 Å². The quantitative estimate of drug-likeness (QED) is 0.800. The molecule has 0 aromatic heterocycles. The number of hydrogen-bond acceptors (Lipinski definition) is 3. The van der Waals surface area contributed by atoms with E-state index in [4.69, 9.17) is 10.5 Å². The second-order valence-electron chi connectivity index (χ2n) is 4.39. The van der Waals surface area contributed by atoms with Crippen LogP contribution in [0, 0.1) is 0 Å². The SMILES string of the molecule is CC(C)Oc1cccc(Sc2ccc(Br)cc2)c1N. The molecule has 0 radical (unpaired) electrons. The number of nitrogen functional groups attached to an aromatic ring is 1. The Labute approximate surface area is 126 Å². The van der Waals surface area contributed by atoms with E-state index in [1.807, 2.05) is 44.2 Å². The Kier molecular flexibility index (Phi) is 4.77. The summed E-state index contributed by atoms with van der Waals surface area (Å²) in [6, 6.07) is 14.0. The average molecular weight is 338 g/mol. The number of anilines is 1. The van der Waals surface area contributed by atoms with Gasteiger partial charge in [-0.25, -0.2) is 0 Å². The third-order valence-corrected chi connectivity index (χ3v) is 4.04. The van der Waals surface area contributed by atoms with Crippen molar-refractivity contribution in [1.82, 2.24) is 0 Å². The first kappa shape index (κ1) is 14.3. The van der Waals surface area contributed by atoms with Crippen molar-refractivity contribution < 1.29 is 4.74 Å². The zero-order valence-corrected chi connectivity index (χ0v) is 13.3. The van der Waals surface area contributed by atoms with Gasteiger partial charge in [0.2, 0.25) is 0 Å². The molecule has 0 aliphatic carbocycles. The number of ether oxygens (including phenoxy) is 1. The molecule has 4 heteroatoms. The molecule has 100 valence electrons. The van der Waals surface area contributed by atoms with Crippen molar-refractivity contribution in [1.29, 1.82) is 0 Å². The fraction of sp³-hybridized carbons (Fsp3) is 0.200. The van der Waals surface area contributed by atoms with E-state index in [2.05, 4.69) is 28.1 Å². The average Bonchev–Trinajstić information content (AvgIpc) is 2.36. The highest BCUT2D eigenvalue weighted by molar-refractivity contribution is 9.10. The summed E-state index contributed by atoms with van der Waals surface area (Å²) in [5.41, 5.74) is 6.85. The molecule has 0 saturated heterocycles. The van der Waals surface area contributed by atoms with Gasteiger partial charge in [-0.2, -0.15) is 0 Å².